The summed E-state index contributed by atoms with van der Waals surface area (Å²) < 4.78 is 40.2. The van der Waals surface area contributed by atoms with Crippen LogP contribution in [0.3, 0.4) is 0 Å². The van der Waals surface area contributed by atoms with Crippen molar-refractivity contribution in [1.29, 1.82) is 0 Å². The van der Waals surface area contributed by atoms with Gasteiger partial charge in [0.1, 0.15) is 10.6 Å². The van der Waals surface area contributed by atoms with E-state index in [-0.39, 0.29) is 10.6 Å². The molecule has 0 aliphatic carbocycles. The Labute approximate surface area is 130 Å². The van der Waals surface area contributed by atoms with Crippen molar-refractivity contribution in [2.75, 3.05) is 13.7 Å². The molecule has 2 aromatic rings. The van der Waals surface area contributed by atoms with Crippen molar-refractivity contribution in [2.24, 2.45) is 0 Å². The minimum Gasteiger partial charge on any atom is -0.494 e. The fraction of sp³-hybridized carbons (Fsp3) is 0.250. The van der Waals surface area contributed by atoms with Crippen LogP contribution in [0.15, 0.2) is 47.4 Å². The average Bonchev–Trinajstić information content (AvgIpc) is 2.50. The van der Waals surface area contributed by atoms with Gasteiger partial charge in [-0.2, -0.15) is 8.42 Å². The zero-order valence-electron chi connectivity index (χ0n) is 12.7. The summed E-state index contributed by atoms with van der Waals surface area (Å²) in [6, 6.07) is 11.1. The fourth-order valence-electron chi connectivity index (χ4n) is 1.88. The zero-order valence-corrected chi connectivity index (χ0v) is 13.5. The van der Waals surface area contributed by atoms with Crippen LogP contribution in [0.4, 0.5) is 0 Å². The highest BCUT2D eigenvalue weighted by molar-refractivity contribution is 7.87. The van der Waals surface area contributed by atoms with Crippen LogP contribution < -0.4 is 13.7 Å². The molecule has 0 aromatic heterocycles. The van der Waals surface area contributed by atoms with Gasteiger partial charge in [-0.3, -0.25) is 0 Å². The first-order valence-corrected chi connectivity index (χ1v) is 8.19. The Morgan fingerprint density at radius 1 is 1.00 bits per heavy atom. The molecule has 0 heterocycles. The van der Waals surface area contributed by atoms with Crippen molar-refractivity contribution < 1.29 is 22.1 Å². The van der Waals surface area contributed by atoms with Gasteiger partial charge in [-0.25, -0.2) is 0 Å². The van der Waals surface area contributed by atoms with Crippen molar-refractivity contribution in [3.63, 3.8) is 0 Å². The second-order valence-corrected chi connectivity index (χ2v) is 6.14. The maximum atomic E-state index is 12.3. The third-order valence-corrected chi connectivity index (χ3v) is 4.19. The third kappa shape index (κ3) is 3.71. The number of hydrogen-bond donors (Lipinski definition) is 0. The molecule has 6 heteroatoms. The molecule has 2 aromatic carbocycles. The summed E-state index contributed by atoms with van der Waals surface area (Å²) in [5, 5.41) is 0. The predicted molar refractivity (Wildman–Crippen MR) is 83.2 cm³/mol. The number of benzene rings is 2. The van der Waals surface area contributed by atoms with Crippen molar-refractivity contribution in [1.82, 2.24) is 0 Å². The second kappa shape index (κ2) is 6.70. The Balaban J connectivity index is 2.27. The summed E-state index contributed by atoms with van der Waals surface area (Å²) in [6.45, 7) is 4.26. The molecular formula is C16H18O5S. The normalized spacial score (nSPS) is 11.0. The first-order valence-electron chi connectivity index (χ1n) is 6.78. The van der Waals surface area contributed by atoms with Crippen molar-refractivity contribution in [3.8, 4) is 17.2 Å². The van der Waals surface area contributed by atoms with Crippen LogP contribution in [0.5, 0.6) is 17.2 Å². The van der Waals surface area contributed by atoms with Crippen molar-refractivity contribution in [2.45, 2.75) is 18.7 Å². The van der Waals surface area contributed by atoms with E-state index in [2.05, 4.69) is 0 Å². The van der Waals surface area contributed by atoms with Crippen LogP contribution in [0.2, 0.25) is 0 Å². The number of aryl methyl sites for hydroxylation is 1. The van der Waals surface area contributed by atoms with Gasteiger partial charge in [0.05, 0.1) is 13.7 Å². The van der Waals surface area contributed by atoms with Gasteiger partial charge in [-0.1, -0.05) is 6.07 Å². The van der Waals surface area contributed by atoms with Gasteiger partial charge >= 0.3 is 10.1 Å². The number of ether oxygens (including phenoxy) is 2. The van der Waals surface area contributed by atoms with Gasteiger partial charge in [0.2, 0.25) is 0 Å². The van der Waals surface area contributed by atoms with Crippen molar-refractivity contribution in [3.05, 3.63) is 48.0 Å². The summed E-state index contributed by atoms with van der Waals surface area (Å²) in [5.41, 5.74) is 0.947. The summed E-state index contributed by atoms with van der Waals surface area (Å²) in [6.07, 6.45) is 0. The molecule has 0 unspecified atom stereocenters. The Morgan fingerprint density at radius 3 is 2.27 bits per heavy atom. The van der Waals surface area contributed by atoms with E-state index in [1.807, 2.05) is 13.8 Å². The molecule has 0 spiro atoms. The van der Waals surface area contributed by atoms with Gasteiger partial charge < -0.3 is 13.7 Å². The van der Waals surface area contributed by atoms with Crippen molar-refractivity contribution >= 4 is 10.1 Å². The standard InChI is InChI=1S/C16H18O5S/c1-4-20-13-6-8-14(9-7-13)22(17,18)21-15-10-5-12(2)11-16(15)19-3/h5-11H,4H2,1-3H3. The number of methoxy groups -OCH3 is 1. The van der Waals surface area contributed by atoms with Crippen LogP contribution in [-0.2, 0) is 10.1 Å². The Kier molecular flexibility index (Phi) is 4.92. The maximum Gasteiger partial charge on any atom is 0.339 e. The SMILES string of the molecule is CCOc1ccc(S(=O)(=O)Oc2ccc(C)cc2OC)cc1. The topological polar surface area (TPSA) is 61.8 Å². The van der Waals surface area contributed by atoms with Gasteiger partial charge in [-0.05, 0) is 55.8 Å². The van der Waals surface area contributed by atoms with Crippen LogP contribution in [-0.4, -0.2) is 22.1 Å². The minimum atomic E-state index is -3.93. The van der Waals surface area contributed by atoms with E-state index in [1.54, 1.807) is 30.3 Å². The highest BCUT2D eigenvalue weighted by Crippen LogP contribution is 2.30. The minimum absolute atomic E-state index is 0.0542. The number of rotatable bonds is 6. The molecule has 0 aliphatic heterocycles. The predicted octanol–water partition coefficient (Wildman–Crippen LogP) is 3.17. The van der Waals surface area contributed by atoms with Crippen LogP contribution in [0.1, 0.15) is 12.5 Å². The largest absolute Gasteiger partial charge is 0.494 e. The van der Waals surface area contributed by atoms with E-state index in [0.717, 1.165) is 5.56 Å². The lowest BCUT2D eigenvalue weighted by atomic mass is 10.2. The van der Waals surface area contributed by atoms with E-state index in [1.165, 1.54) is 19.2 Å². The third-order valence-electron chi connectivity index (χ3n) is 2.94. The quantitative estimate of drug-likeness (QED) is 0.764. The maximum absolute atomic E-state index is 12.3. The monoisotopic (exact) mass is 322 g/mol. The molecule has 5 nitrogen and oxygen atoms in total. The smallest absolute Gasteiger partial charge is 0.339 e. The number of hydrogen-bond acceptors (Lipinski definition) is 5. The molecule has 0 bridgehead atoms. The second-order valence-electron chi connectivity index (χ2n) is 4.60. The summed E-state index contributed by atoms with van der Waals surface area (Å²) >= 11 is 0. The fourth-order valence-corrected chi connectivity index (χ4v) is 2.82. The highest BCUT2D eigenvalue weighted by Gasteiger charge is 2.19. The first kappa shape index (κ1) is 16.2. The summed E-state index contributed by atoms with van der Waals surface area (Å²) in [4.78, 5) is 0.0542. The van der Waals surface area contributed by atoms with Crippen LogP contribution >= 0.6 is 0 Å². The molecule has 0 atom stereocenters. The molecule has 0 saturated carbocycles. The Morgan fingerprint density at radius 2 is 1.68 bits per heavy atom. The van der Waals surface area contributed by atoms with E-state index >= 15 is 0 Å². The molecule has 0 fully saturated rings. The molecule has 22 heavy (non-hydrogen) atoms. The van der Waals surface area contributed by atoms with E-state index in [4.69, 9.17) is 13.7 Å². The lowest BCUT2D eigenvalue weighted by Crippen LogP contribution is -2.10. The Bertz CT molecular complexity index is 736. The lowest BCUT2D eigenvalue weighted by molar-refractivity contribution is 0.340. The van der Waals surface area contributed by atoms with Crippen LogP contribution in [0, 0.1) is 6.92 Å². The molecule has 0 N–H and O–H groups in total. The van der Waals surface area contributed by atoms with Crippen LogP contribution in [0.25, 0.3) is 0 Å². The highest BCUT2D eigenvalue weighted by atomic mass is 32.2. The molecule has 118 valence electrons. The van der Waals surface area contributed by atoms with E-state index in [9.17, 15) is 8.42 Å². The molecule has 2 rings (SSSR count). The lowest BCUT2D eigenvalue weighted by Gasteiger charge is -2.11. The van der Waals surface area contributed by atoms with E-state index < -0.39 is 10.1 Å². The van der Waals surface area contributed by atoms with Gasteiger partial charge in [0.15, 0.2) is 11.5 Å². The molecule has 0 amide bonds. The van der Waals surface area contributed by atoms with E-state index in [0.29, 0.717) is 18.1 Å². The zero-order chi connectivity index (χ0) is 16.2. The average molecular weight is 322 g/mol. The van der Waals surface area contributed by atoms with Gasteiger partial charge in [0, 0.05) is 0 Å². The van der Waals surface area contributed by atoms with Gasteiger partial charge in [0.25, 0.3) is 0 Å². The summed E-state index contributed by atoms with van der Waals surface area (Å²) in [5.74, 6) is 1.13. The Hall–Kier alpha value is -2.21. The molecule has 0 saturated heterocycles. The summed E-state index contributed by atoms with van der Waals surface area (Å²) in [7, 11) is -2.46. The first-order chi connectivity index (χ1) is 10.5. The van der Waals surface area contributed by atoms with Gasteiger partial charge in [-0.15, -0.1) is 0 Å². The molecular weight excluding hydrogens is 304 g/mol. The molecule has 0 aliphatic rings. The molecule has 0 radical (unpaired) electrons.